The zero-order valence-electron chi connectivity index (χ0n) is 14.5. The predicted octanol–water partition coefficient (Wildman–Crippen LogP) is 4.09. The fourth-order valence-corrected chi connectivity index (χ4v) is 2.37. The highest BCUT2D eigenvalue weighted by molar-refractivity contribution is 5.31. The number of ether oxygens (including phenoxy) is 1. The van der Waals surface area contributed by atoms with Crippen molar-refractivity contribution in [1.82, 2.24) is 15.0 Å². The summed E-state index contributed by atoms with van der Waals surface area (Å²) in [5.41, 5.74) is -0.272. The molecule has 0 aliphatic heterocycles. The van der Waals surface area contributed by atoms with Gasteiger partial charge < -0.3 is 14.5 Å². The maximum atomic E-state index is 12.9. The monoisotopic (exact) mass is 378 g/mol. The van der Waals surface area contributed by atoms with Crippen LogP contribution in [0.2, 0.25) is 0 Å². The standard InChI is InChI=1S/C18H17F3N4O2/c1-2-26-17-24-15(10-12-5-3-6-13(9-12)18(19,20)21)23-16(25-17)22-11-14-7-4-8-27-14/h3-9H,2,10-11H2,1H3,(H,22,23,24,25). The minimum atomic E-state index is -4.40. The number of furan rings is 1. The molecule has 0 aliphatic rings. The van der Waals surface area contributed by atoms with E-state index in [1.165, 1.54) is 6.07 Å². The van der Waals surface area contributed by atoms with Gasteiger partial charge in [-0.05, 0) is 30.7 Å². The second-order valence-electron chi connectivity index (χ2n) is 5.60. The van der Waals surface area contributed by atoms with Crippen LogP contribution in [-0.4, -0.2) is 21.6 Å². The Morgan fingerprint density at radius 1 is 1.11 bits per heavy atom. The summed E-state index contributed by atoms with van der Waals surface area (Å²) in [6.45, 7) is 2.49. The molecule has 3 aromatic rings. The molecule has 0 radical (unpaired) electrons. The van der Waals surface area contributed by atoms with Gasteiger partial charge in [-0.3, -0.25) is 0 Å². The number of rotatable bonds is 7. The summed E-state index contributed by atoms with van der Waals surface area (Å²) in [6, 6.07) is 8.72. The van der Waals surface area contributed by atoms with Crippen LogP contribution in [-0.2, 0) is 19.1 Å². The maximum absolute atomic E-state index is 12.9. The number of anilines is 1. The second-order valence-corrected chi connectivity index (χ2v) is 5.60. The Morgan fingerprint density at radius 3 is 2.67 bits per heavy atom. The molecule has 0 amide bonds. The molecule has 6 nitrogen and oxygen atoms in total. The molecule has 142 valence electrons. The minimum Gasteiger partial charge on any atom is -0.467 e. The fourth-order valence-electron chi connectivity index (χ4n) is 2.37. The topological polar surface area (TPSA) is 73.1 Å². The Kier molecular flexibility index (Phi) is 5.58. The highest BCUT2D eigenvalue weighted by Gasteiger charge is 2.30. The summed E-state index contributed by atoms with van der Waals surface area (Å²) < 4.78 is 49.2. The van der Waals surface area contributed by atoms with E-state index in [0.717, 1.165) is 12.1 Å². The lowest BCUT2D eigenvalue weighted by atomic mass is 10.1. The number of benzene rings is 1. The van der Waals surface area contributed by atoms with Crippen LogP contribution in [0.25, 0.3) is 0 Å². The van der Waals surface area contributed by atoms with Crippen molar-refractivity contribution in [3.8, 4) is 6.01 Å². The van der Waals surface area contributed by atoms with E-state index >= 15 is 0 Å². The SMILES string of the molecule is CCOc1nc(Cc2cccc(C(F)(F)F)c2)nc(NCc2ccco2)n1. The zero-order chi connectivity index (χ0) is 19.3. The van der Waals surface area contributed by atoms with Gasteiger partial charge in [0.25, 0.3) is 0 Å². The predicted molar refractivity (Wildman–Crippen MR) is 91.3 cm³/mol. The van der Waals surface area contributed by atoms with Crippen LogP contribution in [0.5, 0.6) is 6.01 Å². The van der Waals surface area contributed by atoms with Gasteiger partial charge in [0, 0.05) is 6.42 Å². The molecule has 0 atom stereocenters. The molecule has 27 heavy (non-hydrogen) atoms. The minimum absolute atomic E-state index is 0.108. The Morgan fingerprint density at radius 2 is 1.96 bits per heavy atom. The lowest BCUT2D eigenvalue weighted by Crippen LogP contribution is -2.10. The first kappa shape index (κ1) is 18.7. The van der Waals surface area contributed by atoms with Crippen molar-refractivity contribution in [2.75, 3.05) is 11.9 Å². The van der Waals surface area contributed by atoms with Crippen LogP contribution in [0, 0.1) is 0 Å². The molecular weight excluding hydrogens is 361 g/mol. The van der Waals surface area contributed by atoms with Gasteiger partial charge >= 0.3 is 12.2 Å². The molecule has 2 aromatic heterocycles. The zero-order valence-corrected chi connectivity index (χ0v) is 14.5. The summed E-state index contributed by atoms with van der Waals surface area (Å²) in [5.74, 6) is 1.24. The average Bonchev–Trinajstić information content (AvgIpc) is 3.13. The van der Waals surface area contributed by atoms with Gasteiger partial charge in [-0.25, -0.2) is 0 Å². The molecule has 9 heteroatoms. The van der Waals surface area contributed by atoms with Gasteiger partial charge in [-0.15, -0.1) is 0 Å². The van der Waals surface area contributed by atoms with Crippen LogP contribution in [0.4, 0.5) is 19.1 Å². The van der Waals surface area contributed by atoms with Gasteiger partial charge in [0.15, 0.2) is 0 Å². The van der Waals surface area contributed by atoms with E-state index in [-0.39, 0.29) is 18.4 Å². The number of hydrogen-bond acceptors (Lipinski definition) is 6. The Hall–Kier alpha value is -3.10. The highest BCUT2D eigenvalue weighted by atomic mass is 19.4. The van der Waals surface area contributed by atoms with Crippen LogP contribution in [0.3, 0.4) is 0 Å². The quantitative estimate of drug-likeness (QED) is 0.668. The third-order valence-corrected chi connectivity index (χ3v) is 3.55. The number of aromatic nitrogens is 3. The van der Waals surface area contributed by atoms with E-state index in [1.54, 1.807) is 31.4 Å². The van der Waals surface area contributed by atoms with Gasteiger partial charge in [0.2, 0.25) is 5.95 Å². The van der Waals surface area contributed by atoms with Crippen LogP contribution >= 0.6 is 0 Å². The molecule has 1 N–H and O–H groups in total. The van der Waals surface area contributed by atoms with Crippen LogP contribution in [0.15, 0.2) is 47.1 Å². The third-order valence-electron chi connectivity index (χ3n) is 3.55. The Bertz CT molecular complexity index is 883. The van der Waals surface area contributed by atoms with Gasteiger partial charge in [-0.2, -0.15) is 28.1 Å². The molecule has 0 unspecified atom stereocenters. The van der Waals surface area contributed by atoms with Crippen molar-refractivity contribution in [1.29, 1.82) is 0 Å². The summed E-state index contributed by atoms with van der Waals surface area (Å²) in [6.07, 6.45) is -2.74. The van der Waals surface area contributed by atoms with Crippen LogP contribution in [0.1, 0.15) is 29.6 Å². The summed E-state index contributed by atoms with van der Waals surface area (Å²) in [5, 5.41) is 2.99. The van der Waals surface area contributed by atoms with Crippen molar-refractivity contribution in [2.24, 2.45) is 0 Å². The Labute approximate surface area is 153 Å². The largest absolute Gasteiger partial charge is 0.467 e. The van der Waals surface area contributed by atoms with Gasteiger partial charge in [0.05, 0.1) is 25.0 Å². The summed E-state index contributed by atoms with van der Waals surface area (Å²) in [7, 11) is 0. The molecule has 1 aromatic carbocycles. The lowest BCUT2D eigenvalue weighted by Gasteiger charge is -2.10. The second kappa shape index (κ2) is 8.07. The van der Waals surface area contributed by atoms with Crippen molar-refractivity contribution in [2.45, 2.75) is 26.1 Å². The first-order chi connectivity index (χ1) is 12.9. The van der Waals surface area contributed by atoms with Crippen LogP contribution < -0.4 is 10.1 Å². The number of alkyl halides is 3. The highest BCUT2D eigenvalue weighted by Crippen LogP contribution is 2.29. The summed E-state index contributed by atoms with van der Waals surface area (Å²) >= 11 is 0. The molecule has 0 saturated heterocycles. The van der Waals surface area contributed by atoms with Crippen molar-refractivity contribution in [3.05, 3.63) is 65.4 Å². The number of nitrogens with zero attached hydrogens (tertiary/aromatic N) is 3. The molecule has 0 aliphatic carbocycles. The van der Waals surface area contributed by atoms with Gasteiger partial charge in [-0.1, -0.05) is 18.2 Å². The van der Waals surface area contributed by atoms with Crippen molar-refractivity contribution in [3.63, 3.8) is 0 Å². The average molecular weight is 378 g/mol. The molecule has 0 bridgehead atoms. The molecule has 2 heterocycles. The van der Waals surface area contributed by atoms with E-state index in [9.17, 15) is 13.2 Å². The number of halogens is 3. The fraction of sp³-hybridized carbons (Fsp3) is 0.278. The van der Waals surface area contributed by atoms with Crippen molar-refractivity contribution < 1.29 is 22.3 Å². The first-order valence-corrected chi connectivity index (χ1v) is 8.24. The van der Waals surface area contributed by atoms with Crippen molar-refractivity contribution >= 4 is 5.95 Å². The first-order valence-electron chi connectivity index (χ1n) is 8.24. The Balaban J connectivity index is 1.81. The van der Waals surface area contributed by atoms with E-state index in [2.05, 4.69) is 20.3 Å². The number of nitrogens with one attached hydrogen (secondary N) is 1. The lowest BCUT2D eigenvalue weighted by molar-refractivity contribution is -0.137. The third kappa shape index (κ3) is 5.19. The van der Waals surface area contributed by atoms with E-state index in [1.807, 2.05) is 0 Å². The normalized spacial score (nSPS) is 11.4. The molecule has 0 fully saturated rings. The number of hydrogen-bond donors (Lipinski definition) is 1. The smallest absolute Gasteiger partial charge is 0.416 e. The van der Waals surface area contributed by atoms with E-state index in [4.69, 9.17) is 9.15 Å². The molecule has 0 spiro atoms. The summed E-state index contributed by atoms with van der Waals surface area (Å²) in [4.78, 5) is 12.6. The maximum Gasteiger partial charge on any atom is 0.416 e. The molecular formula is C18H17F3N4O2. The van der Waals surface area contributed by atoms with E-state index < -0.39 is 11.7 Å². The van der Waals surface area contributed by atoms with E-state index in [0.29, 0.717) is 30.3 Å². The molecule has 3 rings (SSSR count). The van der Waals surface area contributed by atoms with Gasteiger partial charge in [0.1, 0.15) is 11.6 Å². The molecule has 0 saturated carbocycles.